The number of rotatable bonds is 3. The smallest absolute Gasteiger partial charge is 0.0192 e. The second-order valence-electron chi connectivity index (χ2n) is 5.33. The Morgan fingerprint density at radius 3 is 2.50 bits per heavy atom. The molecule has 2 saturated carbocycles. The van der Waals surface area contributed by atoms with Crippen LogP contribution < -0.4 is 5.73 Å². The van der Waals surface area contributed by atoms with Gasteiger partial charge >= 0.3 is 0 Å². The molecule has 0 aromatic rings. The maximum Gasteiger partial charge on any atom is 0.0192 e. The fraction of sp³-hybridized carbons (Fsp3) is 1.00. The average Bonchev–Trinajstić information content (AvgIpc) is 2.34. The van der Waals surface area contributed by atoms with E-state index in [1.165, 1.54) is 32.1 Å². The summed E-state index contributed by atoms with van der Waals surface area (Å²) in [5.41, 5.74) is 6.57. The first kappa shape index (κ1) is 8.55. The zero-order valence-electron chi connectivity index (χ0n) is 8.34. The van der Waals surface area contributed by atoms with E-state index in [-0.39, 0.29) is 5.54 Å². The molecule has 2 fully saturated rings. The highest BCUT2D eigenvalue weighted by Gasteiger charge is 2.55. The van der Waals surface area contributed by atoms with E-state index in [1.54, 1.807) is 0 Å². The molecule has 0 spiro atoms. The van der Waals surface area contributed by atoms with Crippen LogP contribution in [0.2, 0.25) is 0 Å². The van der Waals surface area contributed by atoms with Crippen LogP contribution in [-0.4, -0.2) is 5.54 Å². The maximum absolute atomic E-state index is 6.30. The molecule has 1 heteroatoms. The van der Waals surface area contributed by atoms with Crippen LogP contribution in [0.15, 0.2) is 0 Å². The van der Waals surface area contributed by atoms with Crippen LogP contribution in [0.1, 0.15) is 46.0 Å². The molecular formula is C11H21N. The van der Waals surface area contributed by atoms with Gasteiger partial charge in [0, 0.05) is 5.54 Å². The monoisotopic (exact) mass is 167 g/mol. The van der Waals surface area contributed by atoms with Crippen molar-refractivity contribution in [3.05, 3.63) is 0 Å². The van der Waals surface area contributed by atoms with Crippen LogP contribution in [0.3, 0.4) is 0 Å². The van der Waals surface area contributed by atoms with Gasteiger partial charge in [0.05, 0.1) is 0 Å². The van der Waals surface area contributed by atoms with E-state index in [0.717, 1.165) is 17.8 Å². The average molecular weight is 167 g/mol. The summed E-state index contributed by atoms with van der Waals surface area (Å²) in [5.74, 6) is 2.68. The van der Waals surface area contributed by atoms with Crippen LogP contribution in [0.4, 0.5) is 0 Å². The molecular weight excluding hydrogens is 146 g/mol. The van der Waals surface area contributed by atoms with Crippen molar-refractivity contribution in [3.63, 3.8) is 0 Å². The molecule has 0 saturated heterocycles. The first-order valence-electron chi connectivity index (χ1n) is 5.41. The van der Waals surface area contributed by atoms with E-state index >= 15 is 0 Å². The largest absolute Gasteiger partial charge is 0.325 e. The third-order valence-electron chi connectivity index (χ3n) is 3.69. The van der Waals surface area contributed by atoms with Gasteiger partial charge in [-0.15, -0.1) is 0 Å². The second-order valence-corrected chi connectivity index (χ2v) is 5.33. The minimum atomic E-state index is 0.263. The molecule has 0 aromatic carbocycles. The van der Waals surface area contributed by atoms with E-state index in [4.69, 9.17) is 5.73 Å². The lowest BCUT2D eigenvalue weighted by atomic mass is 9.79. The zero-order chi connectivity index (χ0) is 8.77. The predicted molar refractivity (Wildman–Crippen MR) is 51.8 cm³/mol. The third-order valence-corrected chi connectivity index (χ3v) is 3.69. The summed E-state index contributed by atoms with van der Waals surface area (Å²) in [6.07, 6.45) is 6.94. The van der Waals surface area contributed by atoms with E-state index in [0.29, 0.717) is 0 Å². The summed E-state index contributed by atoms with van der Waals surface area (Å²) in [4.78, 5) is 0. The van der Waals surface area contributed by atoms with Gasteiger partial charge < -0.3 is 5.73 Å². The van der Waals surface area contributed by atoms with Gasteiger partial charge in [0.15, 0.2) is 0 Å². The minimum absolute atomic E-state index is 0.263. The van der Waals surface area contributed by atoms with Crippen molar-refractivity contribution >= 4 is 0 Å². The Labute approximate surface area is 75.7 Å². The molecule has 2 aliphatic carbocycles. The van der Waals surface area contributed by atoms with Crippen LogP contribution >= 0.6 is 0 Å². The van der Waals surface area contributed by atoms with Gasteiger partial charge in [-0.25, -0.2) is 0 Å². The van der Waals surface area contributed by atoms with Gasteiger partial charge in [0.2, 0.25) is 0 Å². The standard InChI is InChI=1S/C11H21N/c1-8(2)6-11(12)7-10(11)9-4-3-5-9/h8-10H,3-7,12H2,1-2H3. The van der Waals surface area contributed by atoms with E-state index in [9.17, 15) is 0 Å². The summed E-state index contributed by atoms with van der Waals surface area (Å²) in [6, 6.07) is 0. The molecule has 2 N–H and O–H groups in total. The van der Waals surface area contributed by atoms with Crippen LogP contribution in [0.25, 0.3) is 0 Å². The van der Waals surface area contributed by atoms with Crippen LogP contribution in [0.5, 0.6) is 0 Å². The Kier molecular flexibility index (Phi) is 1.95. The van der Waals surface area contributed by atoms with Crippen molar-refractivity contribution in [2.24, 2.45) is 23.5 Å². The molecule has 0 amide bonds. The highest BCUT2D eigenvalue weighted by atomic mass is 14.9. The molecule has 70 valence electrons. The van der Waals surface area contributed by atoms with Gasteiger partial charge in [-0.2, -0.15) is 0 Å². The van der Waals surface area contributed by atoms with Crippen molar-refractivity contribution in [1.82, 2.24) is 0 Å². The third kappa shape index (κ3) is 1.39. The Morgan fingerprint density at radius 1 is 1.42 bits per heavy atom. The molecule has 0 aliphatic heterocycles. The summed E-state index contributed by atoms with van der Waals surface area (Å²) in [6.45, 7) is 4.57. The van der Waals surface area contributed by atoms with Crippen molar-refractivity contribution in [2.75, 3.05) is 0 Å². The van der Waals surface area contributed by atoms with E-state index in [2.05, 4.69) is 13.8 Å². The summed E-state index contributed by atoms with van der Waals surface area (Å²) < 4.78 is 0. The van der Waals surface area contributed by atoms with Crippen molar-refractivity contribution in [1.29, 1.82) is 0 Å². The molecule has 2 rings (SSSR count). The molecule has 0 aromatic heterocycles. The minimum Gasteiger partial charge on any atom is -0.325 e. The molecule has 12 heavy (non-hydrogen) atoms. The van der Waals surface area contributed by atoms with E-state index < -0.39 is 0 Å². The second kappa shape index (κ2) is 2.73. The van der Waals surface area contributed by atoms with Crippen molar-refractivity contribution in [2.45, 2.75) is 51.5 Å². The first-order valence-corrected chi connectivity index (χ1v) is 5.41. The van der Waals surface area contributed by atoms with Gasteiger partial charge in [-0.05, 0) is 30.6 Å². The highest BCUT2D eigenvalue weighted by Crippen LogP contribution is 2.55. The Balaban J connectivity index is 1.82. The van der Waals surface area contributed by atoms with E-state index in [1.807, 2.05) is 0 Å². The molecule has 2 unspecified atom stereocenters. The van der Waals surface area contributed by atoms with Crippen LogP contribution in [-0.2, 0) is 0 Å². The molecule has 0 radical (unpaired) electrons. The SMILES string of the molecule is CC(C)CC1(N)CC1C1CCC1. The summed E-state index contributed by atoms with van der Waals surface area (Å²) in [5, 5.41) is 0. The molecule has 1 nitrogen and oxygen atoms in total. The Morgan fingerprint density at radius 2 is 2.08 bits per heavy atom. The molecule has 0 bridgehead atoms. The number of nitrogens with two attached hydrogens (primary N) is 1. The van der Waals surface area contributed by atoms with Gasteiger partial charge in [0.1, 0.15) is 0 Å². The lowest BCUT2D eigenvalue weighted by molar-refractivity contribution is 0.250. The quantitative estimate of drug-likeness (QED) is 0.687. The number of hydrogen-bond donors (Lipinski definition) is 1. The Hall–Kier alpha value is -0.0400. The van der Waals surface area contributed by atoms with Gasteiger partial charge in [-0.1, -0.05) is 33.1 Å². The van der Waals surface area contributed by atoms with Gasteiger partial charge in [0.25, 0.3) is 0 Å². The molecule has 2 atom stereocenters. The number of hydrogen-bond acceptors (Lipinski definition) is 1. The summed E-state index contributed by atoms with van der Waals surface area (Å²) >= 11 is 0. The predicted octanol–water partition coefficient (Wildman–Crippen LogP) is 2.55. The lowest BCUT2D eigenvalue weighted by Crippen LogP contribution is -2.31. The summed E-state index contributed by atoms with van der Waals surface area (Å²) in [7, 11) is 0. The molecule has 2 aliphatic rings. The first-order chi connectivity index (χ1) is 5.62. The maximum atomic E-state index is 6.30. The highest BCUT2D eigenvalue weighted by molar-refractivity contribution is 5.11. The van der Waals surface area contributed by atoms with Crippen molar-refractivity contribution in [3.8, 4) is 0 Å². The zero-order valence-corrected chi connectivity index (χ0v) is 8.34. The lowest BCUT2D eigenvalue weighted by Gasteiger charge is -2.28. The molecule has 0 heterocycles. The topological polar surface area (TPSA) is 26.0 Å². The van der Waals surface area contributed by atoms with Gasteiger partial charge in [-0.3, -0.25) is 0 Å². The normalized spacial score (nSPS) is 41.5. The fourth-order valence-electron chi connectivity index (χ4n) is 2.82. The Bertz CT molecular complexity index is 172. The fourth-order valence-corrected chi connectivity index (χ4v) is 2.82. The van der Waals surface area contributed by atoms with Crippen molar-refractivity contribution < 1.29 is 0 Å². The van der Waals surface area contributed by atoms with Crippen LogP contribution in [0, 0.1) is 17.8 Å².